The van der Waals surface area contributed by atoms with Gasteiger partial charge in [0, 0.05) is 24.2 Å². The lowest BCUT2D eigenvalue weighted by atomic mass is 10.00. The van der Waals surface area contributed by atoms with Gasteiger partial charge in [-0.05, 0) is 30.2 Å². The number of fused-ring (bicyclic) bond motifs is 1. The maximum Gasteiger partial charge on any atom is 0.234 e. The standard InChI is InChI=1S/C19H22N2OS2/c1-14-9-11-21(12-10-14)19(23)24-13-18(22)20-17-8-4-6-15-5-2-3-7-16(15)17/h2-8,14H,9-13H2,1H3,(H,20,22). The van der Waals surface area contributed by atoms with Gasteiger partial charge in [0.15, 0.2) is 0 Å². The van der Waals surface area contributed by atoms with Gasteiger partial charge >= 0.3 is 0 Å². The van der Waals surface area contributed by atoms with Crippen LogP contribution in [0.5, 0.6) is 0 Å². The molecule has 0 bridgehead atoms. The van der Waals surface area contributed by atoms with Crippen molar-refractivity contribution < 1.29 is 4.79 Å². The number of amides is 1. The highest BCUT2D eigenvalue weighted by molar-refractivity contribution is 8.23. The number of hydrogen-bond acceptors (Lipinski definition) is 3. The van der Waals surface area contributed by atoms with Crippen LogP contribution in [0.2, 0.25) is 0 Å². The molecule has 0 unspecified atom stereocenters. The lowest BCUT2D eigenvalue weighted by molar-refractivity contribution is -0.113. The maximum atomic E-state index is 12.3. The molecule has 1 fully saturated rings. The summed E-state index contributed by atoms with van der Waals surface area (Å²) >= 11 is 6.94. The minimum absolute atomic E-state index is 0.0101. The van der Waals surface area contributed by atoms with Crippen LogP contribution >= 0.6 is 24.0 Å². The topological polar surface area (TPSA) is 32.3 Å². The maximum absolute atomic E-state index is 12.3. The molecule has 1 N–H and O–H groups in total. The number of nitrogens with zero attached hydrogens (tertiary/aromatic N) is 1. The van der Waals surface area contributed by atoms with Crippen LogP contribution in [-0.4, -0.2) is 34.0 Å². The number of nitrogens with one attached hydrogen (secondary N) is 1. The molecule has 5 heteroatoms. The Balaban J connectivity index is 1.55. The number of carbonyl (C=O) groups excluding carboxylic acids is 1. The van der Waals surface area contributed by atoms with E-state index in [2.05, 4.69) is 17.1 Å². The summed E-state index contributed by atoms with van der Waals surface area (Å²) in [5, 5.41) is 5.20. The van der Waals surface area contributed by atoms with Crippen LogP contribution in [0.25, 0.3) is 10.8 Å². The van der Waals surface area contributed by atoms with Gasteiger partial charge in [0.1, 0.15) is 4.32 Å². The van der Waals surface area contributed by atoms with Crippen molar-refractivity contribution in [2.45, 2.75) is 19.8 Å². The molecule has 2 aromatic carbocycles. The summed E-state index contributed by atoms with van der Waals surface area (Å²) in [7, 11) is 0. The zero-order valence-electron chi connectivity index (χ0n) is 13.8. The number of benzene rings is 2. The number of thioether (sulfide) groups is 1. The van der Waals surface area contributed by atoms with Crippen LogP contribution in [-0.2, 0) is 4.79 Å². The molecule has 0 saturated carbocycles. The average molecular weight is 359 g/mol. The molecule has 0 aliphatic carbocycles. The van der Waals surface area contributed by atoms with Crippen LogP contribution in [0.3, 0.4) is 0 Å². The third-order valence-electron chi connectivity index (χ3n) is 4.43. The average Bonchev–Trinajstić information content (AvgIpc) is 2.61. The minimum Gasteiger partial charge on any atom is -0.357 e. The molecule has 3 nitrogen and oxygen atoms in total. The second-order valence-electron chi connectivity index (χ2n) is 6.30. The predicted molar refractivity (Wildman–Crippen MR) is 108 cm³/mol. The van der Waals surface area contributed by atoms with E-state index < -0.39 is 0 Å². The Morgan fingerprint density at radius 2 is 1.92 bits per heavy atom. The van der Waals surface area contributed by atoms with Gasteiger partial charge in [0.25, 0.3) is 0 Å². The van der Waals surface area contributed by atoms with Crippen LogP contribution < -0.4 is 5.32 Å². The monoisotopic (exact) mass is 358 g/mol. The van der Waals surface area contributed by atoms with E-state index in [1.807, 2.05) is 42.5 Å². The number of thiocarbonyl (C=S) groups is 1. The van der Waals surface area contributed by atoms with Crippen molar-refractivity contribution >= 4 is 50.7 Å². The van der Waals surface area contributed by atoms with Crippen molar-refractivity contribution in [3.05, 3.63) is 42.5 Å². The highest BCUT2D eigenvalue weighted by atomic mass is 32.2. The van der Waals surface area contributed by atoms with E-state index in [1.165, 1.54) is 24.6 Å². The molecule has 24 heavy (non-hydrogen) atoms. The first-order chi connectivity index (χ1) is 11.6. The molecule has 1 aliphatic rings. The fourth-order valence-corrected chi connectivity index (χ4v) is 3.98. The summed E-state index contributed by atoms with van der Waals surface area (Å²) < 4.78 is 0.843. The van der Waals surface area contributed by atoms with Crippen molar-refractivity contribution in [2.24, 2.45) is 5.92 Å². The number of likely N-dealkylation sites (tertiary alicyclic amines) is 1. The molecule has 0 atom stereocenters. The number of anilines is 1. The summed E-state index contributed by atoms with van der Waals surface area (Å²) in [6.45, 7) is 4.31. The van der Waals surface area contributed by atoms with Crippen LogP contribution in [0.1, 0.15) is 19.8 Å². The van der Waals surface area contributed by atoms with Gasteiger partial charge in [-0.3, -0.25) is 4.79 Å². The van der Waals surface area contributed by atoms with Gasteiger partial charge in [-0.25, -0.2) is 0 Å². The third-order valence-corrected chi connectivity index (χ3v) is 5.96. The zero-order valence-corrected chi connectivity index (χ0v) is 15.5. The summed E-state index contributed by atoms with van der Waals surface area (Å²) in [5.74, 6) is 1.13. The van der Waals surface area contributed by atoms with Crippen molar-refractivity contribution in [3.63, 3.8) is 0 Å². The number of carbonyl (C=O) groups is 1. The smallest absolute Gasteiger partial charge is 0.234 e. The Bertz CT molecular complexity index is 734. The van der Waals surface area contributed by atoms with Gasteiger partial charge < -0.3 is 10.2 Å². The van der Waals surface area contributed by atoms with Gasteiger partial charge in [-0.1, -0.05) is 67.3 Å². The zero-order chi connectivity index (χ0) is 16.9. The van der Waals surface area contributed by atoms with Crippen LogP contribution in [0.15, 0.2) is 42.5 Å². The molecule has 1 amide bonds. The van der Waals surface area contributed by atoms with Crippen molar-refractivity contribution in [1.82, 2.24) is 4.90 Å². The van der Waals surface area contributed by atoms with E-state index in [1.54, 1.807) is 0 Å². The molecule has 1 saturated heterocycles. The largest absolute Gasteiger partial charge is 0.357 e. The lowest BCUT2D eigenvalue weighted by Gasteiger charge is -2.31. The molecular formula is C19H22N2OS2. The van der Waals surface area contributed by atoms with Gasteiger partial charge in [-0.15, -0.1) is 0 Å². The van der Waals surface area contributed by atoms with Crippen LogP contribution in [0.4, 0.5) is 5.69 Å². The quantitative estimate of drug-likeness (QED) is 0.817. The first-order valence-corrected chi connectivity index (χ1v) is 9.72. The first-order valence-electron chi connectivity index (χ1n) is 8.33. The molecule has 0 aromatic heterocycles. The molecule has 0 radical (unpaired) electrons. The number of piperidine rings is 1. The van der Waals surface area contributed by atoms with E-state index >= 15 is 0 Å². The number of hydrogen-bond donors (Lipinski definition) is 1. The predicted octanol–water partition coefficient (Wildman–Crippen LogP) is 4.53. The van der Waals surface area contributed by atoms with Crippen LogP contribution in [0, 0.1) is 5.92 Å². The molecule has 126 valence electrons. The third kappa shape index (κ3) is 4.28. The second-order valence-corrected chi connectivity index (χ2v) is 7.91. The fourth-order valence-electron chi connectivity index (χ4n) is 2.93. The fraction of sp³-hybridized carbons (Fsp3) is 0.368. The Kier molecular flexibility index (Phi) is 5.74. The van der Waals surface area contributed by atoms with Gasteiger partial charge in [0.05, 0.1) is 5.75 Å². The highest BCUT2D eigenvalue weighted by Gasteiger charge is 2.18. The van der Waals surface area contributed by atoms with Crippen molar-refractivity contribution in [3.8, 4) is 0 Å². The summed E-state index contributed by atoms with van der Waals surface area (Å²) in [6.07, 6.45) is 2.37. The SMILES string of the molecule is CC1CCN(C(=S)SCC(=O)Nc2cccc3ccccc23)CC1. The van der Waals surface area contributed by atoms with E-state index in [-0.39, 0.29) is 5.91 Å². The number of rotatable bonds is 3. The minimum atomic E-state index is -0.0101. The van der Waals surface area contributed by atoms with E-state index in [0.29, 0.717) is 5.75 Å². The lowest BCUT2D eigenvalue weighted by Crippen LogP contribution is -2.36. The summed E-state index contributed by atoms with van der Waals surface area (Å²) in [4.78, 5) is 14.5. The van der Waals surface area contributed by atoms with E-state index in [9.17, 15) is 4.79 Å². The Hall–Kier alpha value is -1.59. The molecule has 1 aliphatic heterocycles. The molecule has 1 heterocycles. The van der Waals surface area contributed by atoms with Gasteiger partial charge in [0.2, 0.25) is 5.91 Å². The van der Waals surface area contributed by atoms with E-state index in [0.717, 1.165) is 39.8 Å². The van der Waals surface area contributed by atoms with Gasteiger partial charge in [-0.2, -0.15) is 0 Å². The first kappa shape index (κ1) is 17.2. The Labute approximate surface area is 152 Å². The normalized spacial score (nSPS) is 15.5. The molecule has 0 spiro atoms. The van der Waals surface area contributed by atoms with Crippen molar-refractivity contribution in [2.75, 3.05) is 24.2 Å². The Morgan fingerprint density at radius 3 is 2.71 bits per heavy atom. The summed E-state index contributed by atoms with van der Waals surface area (Å²) in [6, 6.07) is 14.0. The highest BCUT2D eigenvalue weighted by Crippen LogP contribution is 2.24. The second kappa shape index (κ2) is 7.99. The van der Waals surface area contributed by atoms with Crippen molar-refractivity contribution in [1.29, 1.82) is 0 Å². The molecule has 3 rings (SSSR count). The molecule has 2 aromatic rings. The molecular weight excluding hydrogens is 336 g/mol. The summed E-state index contributed by atoms with van der Waals surface area (Å²) in [5.41, 5.74) is 0.858. The Morgan fingerprint density at radius 1 is 1.21 bits per heavy atom. The van der Waals surface area contributed by atoms with E-state index in [4.69, 9.17) is 12.2 Å².